The van der Waals surface area contributed by atoms with Gasteiger partial charge in [0.15, 0.2) is 0 Å². The van der Waals surface area contributed by atoms with Crippen molar-refractivity contribution in [2.24, 2.45) is 0 Å². The number of halogens is 2. The highest BCUT2D eigenvalue weighted by Gasteiger charge is 2.26. The lowest BCUT2D eigenvalue weighted by Gasteiger charge is -2.20. The summed E-state index contributed by atoms with van der Waals surface area (Å²) in [4.78, 5) is 53.0. The molecule has 0 spiro atoms. The van der Waals surface area contributed by atoms with Crippen LogP contribution in [0.2, 0.25) is 10.0 Å². The Kier molecular flexibility index (Phi) is 11.1. The summed E-state index contributed by atoms with van der Waals surface area (Å²) >= 11 is 12.1. The van der Waals surface area contributed by atoms with Crippen LogP contribution in [-0.4, -0.2) is 71.8 Å². The lowest BCUT2D eigenvalue weighted by Crippen LogP contribution is -2.34. The number of anilines is 2. The van der Waals surface area contributed by atoms with Gasteiger partial charge in [-0.1, -0.05) is 47.5 Å². The van der Waals surface area contributed by atoms with Crippen molar-refractivity contribution < 1.29 is 33.1 Å². The number of furan rings is 2. The molecule has 11 nitrogen and oxygen atoms in total. The first-order valence-corrected chi connectivity index (χ1v) is 19.5. The number of rotatable bonds is 6. The maximum absolute atomic E-state index is 13.1. The molecule has 0 unspecified atom stereocenters. The van der Waals surface area contributed by atoms with E-state index in [1.165, 1.54) is 12.1 Å². The van der Waals surface area contributed by atoms with E-state index in [0.717, 1.165) is 49.4 Å². The molecule has 0 aliphatic carbocycles. The fourth-order valence-corrected chi connectivity index (χ4v) is 7.45. The van der Waals surface area contributed by atoms with Crippen LogP contribution in [-0.2, 0) is 9.59 Å². The van der Waals surface area contributed by atoms with Gasteiger partial charge in [-0.25, -0.2) is 4.79 Å². The molecule has 5 heterocycles. The number of aromatic carboxylic acids is 1. The van der Waals surface area contributed by atoms with Crippen LogP contribution in [0.25, 0.3) is 45.9 Å². The van der Waals surface area contributed by atoms with Crippen molar-refractivity contribution in [3.8, 4) is 22.6 Å². The summed E-state index contributed by atoms with van der Waals surface area (Å²) in [6.07, 6.45) is 4.33. The molecular weight excluding hydrogens is 791 g/mol. The molecule has 3 N–H and O–H groups in total. The van der Waals surface area contributed by atoms with E-state index < -0.39 is 5.97 Å². The fourth-order valence-electron chi connectivity index (χ4n) is 7.11. The first kappa shape index (κ1) is 39.2. The van der Waals surface area contributed by atoms with Gasteiger partial charge in [0.05, 0.1) is 16.7 Å². The van der Waals surface area contributed by atoms with Crippen LogP contribution in [0.5, 0.6) is 0 Å². The number of carboxylic acids is 1. The first-order chi connectivity index (χ1) is 28.5. The van der Waals surface area contributed by atoms with Crippen LogP contribution in [0, 0.1) is 0 Å². The minimum absolute atomic E-state index is 0.0390. The molecule has 3 amide bonds. The molecule has 9 rings (SSSR count). The lowest BCUT2D eigenvalue weighted by molar-refractivity contribution is -0.111. The lowest BCUT2D eigenvalue weighted by atomic mass is 10.1. The number of fused-ring (bicyclic) bond motifs is 2. The molecule has 59 heavy (non-hydrogen) atoms. The summed E-state index contributed by atoms with van der Waals surface area (Å²) in [6, 6.07) is 31.6. The summed E-state index contributed by atoms with van der Waals surface area (Å²) in [5.74, 6) is 0.804. The number of nitrogens with one attached hydrogen (secondary N) is 2. The van der Waals surface area contributed by atoms with Crippen LogP contribution in [0.1, 0.15) is 49.8 Å². The zero-order valence-electron chi connectivity index (χ0n) is 31.6. The van der Waals surface area contributed by atoms with Gasteiger partial charge in [-0.15, -0.1) is 0 Å². The minimum atomic E-state index is -1.00. The van der Waals surface area contributed by atoms with E-state index in [1.54, 1.807) is 72.8 Å². The maximum Gasteiger partial charge on any atom is 0.335 e. The molecule has 13 heteroatoms. The SMILES string of the molecule is CN1CCCN(C(=O)c2cccc(-c3ccc(/C=C4/C(=O)Nc5ccc(Cl)cc54)o3)c2)CC1.O=C1Nc2ccc(Cl)cc2/C1=C\c1ccc(-c2cccc(C(=O)O)c2)o1. The second-order valence-corrected chi connectivity index (χ2v) is 15.1. The number of carbonyl (C=O) groups excluding carboxylic acids is 3. The Morgan fingerprint density at radius 2 is 1.17 bits per heavy atom. The van der Waals surface area contributed by atoms with Gasteiger partial charge in [-0.2, -0.15) is 0 Å². The zero-order chi connectivity index (χ0) is 41.2. The third-order valence-electron chi connectivity index (χ3n) is 10.2. The third kappa shape index (κ3) is 8.63. The third-order valence-corrected chi connectivity index (χ3v) is 10.6. The second kappa shape index (κ2) is 16.7. The standard InChI is InChI=1S/C26H24ClN3O3.C20H12ClNO4/c1-29-10-3-11-30(13-12-29)26(32)18-5-2-4-17(14-18)24-9-7-20(33-24)16-22-21-15-19(27)6-8-23(21)28-25(22)31;21-13-4-6-17-15(9-13)16(19(23)22-17)10-14-5-7-18(26-14)11-2-1-3-12(8-11)20(24)25/h2,4-9,14-16H,3,10-13H2,1H3,(H,28,31);1-10H,(H,22,23)(H,24,25)/b22-16+;16-10+. The van der Waals surface area contributed by atoms with Crippen LogP contribution in [0.3, 0.4) is 0 Å². The Hall–Kier alpha value is -6.66. The smallest absolute Gasteiger partial charge is 0.335 e. The fraction of sp³-hybridized carbons (Fsp3) is 0.130. The largest absolute Gasteiger partial charge is 0.478 e. The molecule has 0 atom stereocenters. The Morgan fingerprint density at radius 3 is 1.71 bits per heavy atom. The number of carbonyl (C=O) groups is 4. The summed E-state index contributed by atoms with van der Waals surface area (Å²) in [6.45, 7) is 3.37. The molecule has 4 aromatic carbocycles. The predicted molar refractivity (Wildman–Crippen MR) is 229 cm³/mol. The average molecular weight is 828 g/mol. The molecule has 296 valence electrons. The number of nitrogens with zero attached hydrogens (tertiary/aromatic N) is 2. The molecule has 3 aliphatic rings. The van der Waals surface area contributed by atoms with E-state index in [-0.39, 0.29) is 23.3 Å². The minimum Gasteiger partial charge on any atom is -0.478 e. The van der Waals surface area contributed by atoms with E-state index in [0.29, 0.717) is 66.6 Å². The topological polar surface area (TPSA) is 145 Å². The summed E-state index contributed by atoms with van der Waals surface area (Å²) < 4.78 is 11.8. The number of amides is 3. The van der Waals surface area contributed by atoms with Gasteiger partial charge in [0.25, 0.3) is 17.7 Å². The molecule has 1 saturated heterocycles. The van der Waals surface area contributed by atoms with Crippen LogP contribution < -0.4 is 10.6 Å². The highest BCUT2D eigenvalue weighted by molar-refractivity contribution is 6.37. The zero-order valence-corrected chi connectivity index (χ0v) is 33.1. The predicted octanol–water partition coefficient (Wildman–Crippen LogP) is 9.66. The van der Waals surface area contributed by atoms with E-state index >= 15 is 0 Å². The van der Waals surface area contributed by atoms with Gasteiger partial charge in [-0.05, 0) is 117 Å². The molecule has 0 saturated carbocycles. The normalized spacial score (nSPS) is 16.2. The summed E-state index contributed by atoms with van der Waals surface area (Å²) in [7, 11) is 2.08. The molecule has 3 aliphatic heterocycles. The molecule has 6 aromatic rings. The van der Waals surface area contributed by atoms with Gasteiger partial charge >= 0.3 is 5.97 Å². The van der Waals surface area contributed by atoms with E-state index in [2.05, 4.69) is 22.6 Å². The van der Waals surface area contributed by atoms with Crippen molar-refractivity contribution in [2.45, 2.75) is 6.42 Å². The number of carboxylic acid groups (broad SMARTS) is 1. The van der Waals surface area contributed by atoms with Crippen molar-refractivity contribution in [1.29, 1.82) is 0 Å². The van der Waals surface area contributed by atoms with E-state index in [4.69, 9.17) is 37.1 Å². The molecule has 0 radical (unpaired) electrons. The van der Waals surface area contributed by atoms with Gasteiger partial charge in [0, 0.05) is 68.9 Å². The molecule has 2 aromatic heterocycles. The van der Waals surface area contributed by atoms with Crippen molar-refractivity contribution in [3.05, 3.63) is 153 Å². The number of hydrogen-bond donors (Lipinski definition) is 3. The van der Waals surface area contributed by atoms with Crippen LogP contribution in [0.15, 0.2) is 118 Å². The summed E-state index contributed by atoms with van der Waals surface area (Å²) in [5, 5.41) is 15.8. The van der Waals surface area contributed by atoms with Gasteiger partial charge in [-0.3, -0.25) is 14.4 Å². The Morgan fingerprint density at radius 1 is 0.644 bits per heavy atom. The Labute approximate surface area is 349 Å². The number of benzene rings is 4. The quantitative estimate of drug-likeness (QED) is 0.141. The van der Waals surface area contributed by atoms with E-state index in [9.17, 15) is 19.2 Å². The van der Waals surface area contributed by atoms with Crippen molar-refractivity contribution in [2.75, 3.05) is 43.9 Å². The van der Waals surface area contributed by atoms with Gasteiger partial charge in [0.1, 0.15) is 23.0 Å². The highest BCUT2D eigenvalue weighted by Crippen LogP contribution is 2.37. The van der Waals surface area contributed by atoms with Crippen molar-refractivity contribution >= 4 is 81.6 Å². The first-order valence-electron chi connectivity index (χ1n) is 18.8. The maximum atomic E-state index is 13.1. The summed E-state index contributed by atoms with van der Waals surface area (Å²) in [5.41, 5.74) is 6.15. The Balaban J connectivity index is 0.000000169. The van der Waals surface area contributed by atoms with Crippen LogP contribution >= 0.6 is 23.2 Å². The van der Waals surface area contributed by atoms with Crippen molar-refractivity contribution in [3.63, 3.8) is 0 Å². The molecule has 0 bridgehead atoms. The number of hydrogen-bond acceptors (Lipinski definition) is 7. The highest BCUT2D eigenvalue weighted by atomic mass is 35.5. The van der Waals surface area contributed by atoms with Crippen LogP contribution in [0.4, 0.5) is 11.4 Å². The van der Waals surface area contributed by atoms with E-state index in [1.807, 2.05) is 41.3 Å². The van der Waals surface area contributed by atoms with Crippen molar-refractivity contribution in [1.82, 2.24) is 9.80 Å². The van der Waals surface area contributed by atoms with Gasteiger partial charge < -0.3 is 34.4 Å². The molecular formula is C46H36Cl2N4O7. The average Bonchev–Trinajstić information content (AvgIpc) is 4.00. The second-order valence-electron chi connectivity index (χ2n) is 14.2. The van der Waals surface area contributed by atoms with Gasteiger partial charge in [0.2, 0.25) is 0 Å². The number of likely N-dealkylation sites (N-methyl/N-ethyl adjacent to an activating group) is 1. The monoisotopic (exact) mass is 826 g/mol. The Bertz CT molecular complexity index is 2710. The molecule has 1 fully saturated rings.